The maximum Gasteiger partial charge on any atom is 0.323 e. The summed E-state index contributed by atoms with van der Waals surface area (Å²) in [7, 11) is 0. The number of piperazine rings is 1. The predicted octanol–water partition coefficient (Wildman–Crippen LogP) is 1.53. The Bertz CT molecular complexity index is 1000. The Morgan fingerprint density at radius 1 is 1.11 bits per heavy atom. The molecule has 5 N–H and O–H groups in total. The maximum atomic E-state index is 12.7. The highest BCUT2D eigenvalue weighted by molar-refractivity contribution is 6.04. The van der Waals surface area contributed by atoms with E-state index in [-0.39, 0.29) is 11.9 Å². The van der Waals surface area contributed by atoms with Gasteiger partial charge in [0.25, 0.3) is 0 Å². The molecule has 0 atom stereocenters. The molecule has 1 aromatic carbocycles. The number of nitrogens with two attached hydrogens (primary N) is 2. The second-order valence-electron chi connectivity index (χ2n) is 11.0. The van der Waals surface area contributed by atoms with Crippen molar-refractivity contribution in [3.05, 3.63) is 42.1 Å². The number of amidine groups is 1. The summed E-state index contributed by atoms with van der Waals surface area (Å²) < 4.78 is 0. The molecular weight excluding hydrogens is 468 g/mol. The molecule has 3 amide bonds. The number of nitrogens with zero attached hydrogens (tertiary/aromatic N) is 5. The molecule has 2 fully saturated rings. The highest BCUT2D eigenvalue weighted by Crippen LogP contribution is 2.27. The SMILES string of the molecule is CCN(Cc1ccc(N2C=CC(NC(=O)N3CCN(C(=O)C(C)(C)N)CC3)=NC2)cc1)C[C@H]1C[C@@H](N)C1. The molecule has 0 aromatic heterocycles. The van der Waals surface area contributed by atoms with Gasteiger partial charge in [-0.2, -0.15) is 0 Å². The molecule has 10 nitrogen and oxygen atoms in total. The van der Waals surface area contributed by atoms with Crippen LogP contribution in [0.4, 0.5) is 10.5 Å². The van der Waals surface area contributed by atoms with E-state index in [4.69, 9.17) is 11.5 Å². The fourth-order valence-electron chi connectivity index (χ4n) is 5.03. The van der Waals surface area contributed by atoms with E-state index < -0.39 is 5.54 Å². The molecule has 10 heteroatoms. The van der Waals surface area contributed by atoms with Crippen LogP contribution in [0.15, 0.2) is 41.5 Å². The zero-order chi connectivity index (χ0) is 26.6. The van der Waals surface area contributed by atoms with Gasteiger partial charge >= 0.3 is 6.03 Å². The Labute approximate surface area is 220 Å². The van der Waals surface area contributed by atoms with E-state index in [1.54, 1.807) is 23.6 Å². The summed E-state index contributed by atoms with van der Waals surface area (Å²) in [6.45, 7) is 11.0. The monoisotopic (exact) mass is 510 g/mol. The summed E-state index contributed by atoms with van der Waals surface area (Å²) in [4.78, 5) is 37.5. The molecule has 3 aliphatic rings. The van der Waals surface area contributed by atoms with E-state index in [1.165, 1.54) is 5.56 Å². The van der Waals surface area contributed by atoms with Crippen molar-refractivity contribution < 1.29 is 9.59 Å². The number of hydrogen-bond donors (Lipinski definition) is 3. The Morgan fingerprint density at radius 3 is 2.30 bits per heavy atom. The van der Waals surface area contributed by atoms with Gasteiger partial charge < -0.3 is 26.2 Å². The number of carbonyl (C=O) groups excluding carboxylic acids is 2. The number of nitrogens with one attached hydrogen (secondary N) is 1. The molecule has 37 heavy (non-hydrogen) atoms. The van der Waals surface area contributed by atoms with E-state index >= 15 is 0 Å². The Balaban J connectivity index is 1.22. The molecule has 0 spiro atoms. The molecule has 2 heterocycles. The minimum Gasteiger partial charge on any atom is -0.338 e. The van der Waals surface area contributed by atoms with Gasteiger partial charge in [0.2, 0.25) is 5.91 Å². The van der Waals surface area contributed by atoms with E-state index in [0.29, 0.717) is 44.7 Å². The second-order valence-corrected chi connectivity index (χ2v) is 11.0. The average molecular weight is 511 g/mol. The van der Waals surface area contributed by atoms with Gasteiger partial charge in [-0.25, -0.2) is 9.79 Å². The van der Waals surface area contributed by atoms with Crippen LogP contribution in [-0.4, -0.2) is 90.0 Å². The zero-order valence-corrected chi connectivity index (χ0v) is 22.4. The van der Waals surface area contributed by atoms with Crippen LogP contribution in [0.1, 0.15) is 39.2 Å². The van der Waals surface area contributed by atoms with Crippen molar-refractivity contribution in [2.75, 3.05) is 50.8 Å². The van der Waals surface area contributed by atoms with Crippen molar-refractivity contribution in [1.82, 2.24) is 20.0 Å². The van der Waals surface area contributed by atoms with E-state index in [1.807, 2.05) is 17.2 Å². The normalized spacial score (nSPS) is 22.1. The van der Waals surface area contributed by atoms with Gasteiger partial charge in [-0.3, -0.25) is 15.0 Å². The molecule has 1 saturated carbocycles. The summed E-state index contributed by atoms with van der Waals surface area (Å²) in [5.74, 6) is 1.17. The Kier molecular flexibility index (Phi) is 8.51. The van der Waals surface area contributed by atoms with Crippen molar-refractivity contribution in [3.63, 3.8) is 0 Å². The lowest BCUT2D eigenvalue weighted by Crippen LogP contribution is -2.59. The maximum absolute atomic E-state index is 12.7. The number of hydrogen-bond acceptors (Lipinski definition) is 7. The number of amides is 3. The topological polar surface area (TPSA) is 124 Å². The lowest BCUT2D eigenvalue weighted by molar-refractivity contribution is -0.137. The van der Waals surface area contributed by atoms with Crippen LogP contribution < -0.4 is 21.7 Å². The molecule has 0 radical (unpaired) electrons. The van der Waals surface area contributed by atoms with Crippen molar-refractivity contribution in [2.24, 2.45) is 22.4 Å². The van der Waals surface area contributed by atoms with E-state index in [2.05, 4.69) is 46.4 Å². The zero-order valence-electron chi connectivity index (χ0n) is 22.4. The molecule has 1 aliphatic carbocycles. The average Bonchev–Trinajstić information content (AvgIpc) is 2.87. The minimum absolute atomic E-state index is 0.0955. The Morgan fingerprint density at radius 2 is 1.76 bits per heavy atom. The lowest BCUT2D eigenvalue weighted by atomic mass is 9.80. The summed E-state index contributed by atoms with van der Waals surface area (Å²) >= 11 is 0. The molecular formula is C27H42N8O2. The first kappa shape index (κ1) is 27.1. The molecule has 1 saturated heterocycles. The second kappa shape index (κ2) is 11.6. The fraction of sp³-hybridized carbons (Fsp3) is 0.593. The van der Waals surface area contributed by atoms with Crippen LogP contribution >= 0.6 is 0 Å². The predicted molar refractivity (Wildman–Crippen MR) is 147 cm³/mol. The summed E-state index contributed by atoms with van der Waals surface area (Å²) in [6.07, 6.45) is 6.04. The van der Waals surface area contributed by atoms with Crippen LogP contribution in [0.5, 0.6) is 0 Å². The standard InChI is InChI=1S/C27H42N8O2/c1-4-32(18-21-15-22(28)16-21)17-20-5-7-23(8-6-20)35-10-9-24(30-19-35)31-26(37)34-13-11-33(12-14-34)25(36)27(2,3)29/h5-10,21-22H,4,11-19,28-29H2,1-3H3,(H,30,31,37)/t21-,22+. The van der Waals surface area contributed by atoms with Gasteiger partial charge in [0.05, 0.1) is 5.54 Å². The summed E-state index contributed by atoms with van der Waals surface area (Å²) in [6, 6.07) is 8.79. The van der Waals surface area contributed by atoms with Crippen LogP contribution in [0, 0.1) is 5.92 Å². The lowest BCUT2D eigenvalue weighted by Gasteiger charge is -2.37. The van der Waals surface area contributed by atoms with E-state index in [9.17, 15) is 9.59 Å². The molecule has 4 rings (SSSR count). The molecule has 202 valence electrons. The minimum atomic E-state index is -0.904. The summed E-state index contributed by atoms with van der Waals surface area (Å²) in [5.41, 5.74) is 13.3. The van der Waals surface area contributed by atoms with Gasteiger partial charge in [-0.15, -0.1) is 0 Å². The molecule has 2 aliphatic heterocycles. The van der Waals surface area contributed by atoms with Crippen molar-refractivity contribution in [2.45, 2.75) is 51.7 Å². The molecule has 0 unspecified atom stereocenters. The van der Waals surface area contributed by atoms with Crippen molar-refractivity contribution in [3.8, 4) is 0 Å². The quantitative estimate of drug-likeness (QED) is 0.511. The highest BCUT2D eigenvalue weighted by Gasteiger charge is 2.31. The fourth-order valence-corrected chi connectivity index (χ4v) is 5.03. The first-order valence-corrected chi connectivity index (χ1v) is 13.3. The van der Waals surface area contributed by atoms with Crippen LogP contribution in [-0.2, 0) is 11.3 Å². The van der Waals surface area contributed by atoms with E-state index in [0.717, 1.165) is 44.1 Å². The van der Waals surface area contributed by atoms with Gasteiger partial charge in [0.1, 0.15) is 12.5 Å². The number of benzene rings is 1. The largest absolute Gasteiger partial charge is 0.338 e. The third-order valence-electron chi connectivity index (χ3n) is 7.36. The first-order chi connectivity index (χ1) is 17.6. The van der Waals surface area contributed by atoms with Gasteiger partial charge in [0, 0.05) is 57.2 Å². The smallest absolute Gasteiger partial charge is 0.323 e. The highest BCUT2D eigenvalue weighted by atomic mass is 16.2. The third-order valence-corrected chi connectivity index (χ3v) is 7.36. The molecule has 1 aromatic rings. The van der Waals surface area contributed by atoms with Crippen LogP contribution in [0.2, 0.25) is 0 Å². The van der Waals surface area contributed by atoms with Crippen molar-refractivity contribution >= 4 is 23.5 Å². The van der Waals surface area contributed by atoms with Crippen molar-refractivity contribution in [1.29, 1.82) is 0 Å². The number of aliphatic imine (C=N–C) groups is 1. The van der Waals surface area contributed by atoms with Crippen LogP contribution in [0.3, 0.4) is 0 Å². The number of anilines is 1. The molecule has 0 bridgehead atoms. The number of rotatable bonds is 7. The van der Waals surface area contributed by atoms with Crippen LogP contribution in [0.25, 0.3) is 0 Å². The summed E-state index contributed by atoms with van der Waals surface area (Å²) in [5, 5.41) is 2.88. The Hall–Kier alpha value is -2.95. The van der Waals surface area contributed by atoms with Gasteiger partial charge in [0.15, 0.2) is 0 Å². The number of urea groups is 1. The third kappa shape index (κ3) is 7.09. The number of carbonyl (C=O) groups is 2. The van der Waals surface area contributed by atoms with Gasteiger partial charge in [-0.1, -0.05) is 19.1 Å². The first-order valence-electron chi connectivity index (χ1n) is 13.3. The van der Waals surface area contributed by atoms with Gasteiger partial charge in [-0.05, 0) is 62.9 Å².